The van der Waals surface area contributed by atoms with E-state index in [0.717, 1.165) is 12.2 Å². The molecule has 0 fully saturated rings. The van der Waals surface area contributed by atoms with E-state index in [-0.39, 0.29) is 0 Å². The number of benzene rings is 1. The Labute approximate surface area is 114 Å². The largest absolute Gasteiger partial charge is 0.497 e. The molecule has 1 unspecified atom stereocenters. The lowest BCUT2D eigenvalue weighted by atomic mass is 9.74. The van der Waals surface area contributed by atoms with Crippen molar-refractivity contribution in [2.24, 2.45) is 5.41 Å². The number of nitrogens with one attached hydrogen (secondary N) is 2. The lowest BCUT2D eigenvalue weighted by Gasteiger charge is -2.35. The van der Waals surface area contributed by atoms with Gasteiger partial charge in [-0.3, -0.25) is 0 Å². The van der Waals surface area contributed by atoms with Gasteiger partial charge in [-0.05, 0) is 49.1 Å². The average Bonchev–Trinajstić information content (AvgIpc) is 2.72. The van der Waals surface area contributed by atoms with Crippen LogP contribution in [-0.4, -0.2) is 19.1 Å². The number of aromatic amines is 1. The normalized spacial score (nSPS) is 21.4. The van der Waals surface area contributed by atoms with E-state index in [2.05, 4.69) is 43.3 Å². The van der Waals surface area contributed by atoms with E-state index in [0.29, 0.717) is 11.5 Å². The fourth-order valence-corrected chi connectivity index (χ4v) is 3.36. The molecular weight excluding hydrogens is 236 g/mol. The quantitative estimate of drug-likeness (QED) is 0.866. The maximum absolute atomic E-state index is 5.36. The molecule has 1 aliphatic rings. The molecule has 1 heterocycles. The van der Waals surface area contributed by atoms with Crippen LogP contribution in [0.4, 0.5) is 0 Å². The molecule has 2 N–H and O–H groups in total. The Bertz CT molecular complexity index is 612. The molecule has 2 aromatic rings. The van der Waals surface area contributed by atoms with Gasteiger partial charge >= 0.3 is 0 Å². The van der Waals surface area contributed by atoms with Crippen LogP contribution in [0, 0.1) is 5.41 Å². The molecule has 19 heavy (non-hydrogen) atoms. The zero-order chi connectivity index (χ0) is 13.6. The van der Waals surface area contributed by atoms with Crippen LogP contribution in [0.2, 0.25) is 0 Å². The summed E-state index contributed by atoms with van der Waals surface area (Å²) in [5, 5.41) is 4.77. The summed E-state index contributed by atoms with van der Waals surface area (Å²) < 4.78 is 5.36. The Hall–Kier alpha value is -1.48. The van der Waals surface area contributed by atoms with Crippen LogP contribution in [0.15, 0.2) is 18.2 Å². The molecule has 0 saturated heterocycles. The summed E-state index contributed by atoms with van der Waals surface area (Å²) in [6.07, 6.45) is 2.28. The SMILES string of the molecule is CNC1CC(C)(C)Cc2[nH]c3ccc(OC)cc3c21. The number of H-pyrrole nitrogens is 1. The van der Waals surface area contributed by atoms with E-state index >= 15 is 0 Å². The predicted molar refractivity (Wildman–Crippen MR) is 78.8 cm³/mol. The van der Waals surface area contributed by atoms with E-state index in [1.165, 1.54) is 28.6 Å². The van der Waals surface area contributed by atoms with Gasteiger partial charge in [0.1, 0.15) is 5.75 Å². The topological polar surface area (TPSA) is 37.0 Å². The lowest BCUT2D eigenvalue weighted by Crippen LogP contribution is -2.31. The van der Waals surface area contributed by atoms with Crippen molar-refractivity contribution >= 4 is 10.9 Å². The van der Waals surface area contributed by atoms with Crippen molar-refractivity contribution < 1.29 is 4.74 Å². The molecule has 102 valence electrons. The van der Waals surface area contributed by atoms with Gasteiger partial charge in [0.15, 0.2) is 0 Å². The summed E-state index contributed by atoms with van der Waals surface area (Å²) in [4.78, 5) is 3.59. The van der Waals surface area contributed by atoms with E-state index in [1.54, 1.807) is 7.11 Å². The van der Waals surface area contributed by atoms with Crippen molar-refractivity contribution in [1.29, 1.82) is 0 Å². The monoisotopic (exact) mass is 258 g/mol. The summed E-state index contributed by atoms with van der Waals surface area (Å²) in [6, 6.07) is 6.70. The number of rotatable bonds is 2. The number of hydrogen-bond acceptors (Lipinski definition) is 2. The molecular formula is C16H22N2O. The third kappa shape index (κ3) is 2.02. The second-order valence-corrected chi connectivity index (χ2v) is 6.32. The second-order valence-electron chi connectivity index (χ2n) is 6.32. The Balaban J connectivity index is 2.21. The van der Waals surface area contributed by atoms with Crippen molar-refractivity contribution in [2.45, 2.75) is 32.7 Å². The summed E-state index contributed by atoms with van der Waals surface area (Å²) in [5.41, 5.74) is 4.35. The van der Waals surface area contributed by atoms with Crippen molar-refractivity contribution in [1.82, 2.24) is 10.3 Å². The molecule has 1 aliphatic carbocycles. The van der Waals surface area contributed by atoms with Gasteiger partial charge in [0.2, 0.25) is 0 Å². The molecule has 1 aromatic carbocycles. The van der Waals surface area contributed by atoms with Crippen LogP contribution in [-0.2, 0) is 6.42 Å². The third-order valence-corrected chi connectivity index (χ3v) is 4.24. The first kappa shape index (κ1) is 12.5. The molecule has 1 aromatic heterocycles. The number of aromatic nitrogens is 1. The van der Waals surface area contributed by atoms with Gasteiger partial charge in [0, 0.05) is 22.6 Å². The first-order valence-electron chi connectivity index (χ1n) is 6.90. The molecule has 0 saturated carbocycles. The van der Waals surface area contributed by atoms with Crippen LogP contribution >= 0.6 is 0 Å². The van der Waals surface area contributed by atoms with E-state index < -0.39 is 0 Å². The van der Waals surface area contributed by atoms with Gasteiger partial charge in [0.05, 0.1) is 7.11 Å². The minimum Gasteiger partial charge on any atom is -0.497 e. The summed E-state index contributed by atoms with van der Waals surface area (Å²) in [6.45, 7) is 4.68. The van der Waals surface area contributed by atoms with Crippen molar-refractivity contribution in [3.05, 3.63) is 29.5 Å². The molecule has 0 radical (unpaired) electrons. The number of fused-ring (bicyclic) bond motifs is 3. The third-order valence-electron chi connectivity index (χ3n) is 4.24. The molecule has 3 heteroatoms. The summed E-state index contributed by atoms with van der Waals surface area (Å²) in [7, 11) is 3.77. The fraction of sp³-hybridized carbons (Fsp3) is 0.500. The molecule has 3 rings (SSSR count). The molecule has 0 aliphatic heterocycles. The van der Waals surface area contributed by atoms with Gasteiger partial charge in [-0.1, -0.05) is 13.8 Å². The maximum Gasteiger partial charge on any atom is 0.119 e. The highest BCUT2D eigenvalue weighted by atomic mass is 16.5. The lowest BCUT2D eigenvalue weighted by molar-refractivity contribution is 0.264. The molecule has 3 nitrogen and oxygen atoms in total. The Kier molecular flexibility index (Phi) is 2.82. The van der Waals surface area contributed by atoms with Gasteiger partial charge in [0.25, 0.3) is 0 Å². The van der Waals surface area contributed by atoms with Crippen LogP contribution < -0.4 is 10.1 Å². The van der Waals surface area contributed by atoms with Crippen molar-refractivity contribution in [3.63, 3.8) is 0 Å². The highest BCUT2D eigenvalue weighted by Gasteiger charge is 2.34. The van der Waals surface area contributed by atoms with Gasteiger partial charge in [-0.15, -0.1) is 0 Å². The van der Waals surface area contributed by atoms with Crippen LogP contribution in [0.3, 0.4) is 0 Å². The van der Waals surface area contributed by atoms with Crippen molar-refractivity contribution in [3.8, 4) is 5.75 Å². The average molecular weight is 258 g/mol. The molecule has 0 bridgehead atoms. The predicted octanol–water partition coefficient (Wildman–Crippen LogP) is 3.41. The van der Waals surface area contributed by atoms with Crippen LogP contribution in [0.1, 0.15) is 37.6 Å². The van der Waals surface area contributed by atoms with Crippen molar-refractivity contribution in [2.75, 3.05) is 14.2 Å². The van der Waals surface area contributed by atoms with Gasteiger partial charge in [-0.2, -0.15) is 0 Å². The molecule has 0 amide bonds. The highest BCUT2D eigenvalue weighted by Crippen LogP contribution is 2.44. The Morgan fingerprint density at radius 3 is 2.84 bits per heavy atom. The minimum atomic E-state index is 0.339. The second kappa shape index (κ2) is 4.27. The van der Waals surface area contributed by atoms with E-state index in [9.17, 15) is 0 Å². The Morgan fingerprint density at radius 1 is 1.37 bits per heavy atom. The van der Waals surface area contributed by atoms with Crippen LogP contribution in [0.5, 0.6) is 5.75 Å². The zero-order valence-electron chi connectivity index (χ0n) is 12.1. The first-order valence-corrected chi connectivity index (χ1v) is 6.90. The molecule has 0 spiro atoms. The maximum atomic E-state index is 5.36. The van der Waals surface area contributed by atoms with Gasteiger partial charge in [-0.25, -0.2) is 0 Å². The van der Waals surface area contributed by atoms with Crippen LogP contribution in [0.25, 0.3) is 10.9 Å². The first-order chi connectivity index (χ1) is 9.04. The minimum absolute atomic E-state index is 0.339. The smallest absolute Gasteiger partial charge is 0.119 e. The molecule has 1 atom stereocenters. The van der Waals surface area contributed by atoms with E-state index in [1.807, 2.05) is 6.07 Å². The number of hydrogen-bond donors (Lipinski definition) is 2. The van der Waals surface area contributed by atoms with Gasteiger partial charge < -0.3 is 15.0 Å². The standard InChI is InChI=1S/C16H22N2O/c1-16(2)8-13(17-3)15-11-7-10(19-4)5-6-12(11)18-14(15)9-16/h5-7,13,17-18H,8-9H2,1-4H3. The zero-order valence-corrected chi connectivity index (χ0v) is 12.1. The Morgan fingerprint density at radius 2 is 2.16 bits per heavy atom. The number of ether oxygens (including phenoxy) is 1. The fourth-order valence-electron chi connectivity index (χ4n) is 3.36. The number of methoxy groups -OCH3 is 1. The highest BCUT2D eigenvalue weighted by molar-refractivity contribution is 5.87. The van der Waals surface area contributed by atoms with E-state index in [4.69, 9.17) is 4.74 Å². The summed E-state index contributed by atoms with van der Waals surface area (Å²) >= 11 is 0. The summed E-state index contributed by atoms with van der Waals surface area (Å²) in [5.74, 6) is 0.925.